The van der Waals surface area contributed by atoms with Crippen molar-refractivity contribution in [2.75, 3.05) is 6.54 Å². The Balaban J connectivity index is 1.43. The summed E-state index contributed by atoms with van der Waals surface area (Å²) in [6.45, 7) is 0.211. The van der Waals surface area contributed by atoms with Crippen LogP contribution in [0.3, 0.4) is 0 Å². The van der Waals surface area contributed by atoms with Crippen LogP contribution in [-0.2, 0) is 16.4 Å². The van der Waals surface area contributed by atoms with Gasteiger partial charge in [-0.1, -0.05) is 42.5 Å². The summed E-state index contributed by atoms with van der Waals surface area (Å²) in [5, 5.41) is 7.40. The molecule has 0 amide bonds. The number of aromatic nitrogens is 3. The van der Waals surface area contributed by atoms with Gasteiger partial charge in [-0.25, -0.2) is 22.0 Å². The molecule has 4 rings (SSSR count). The molecule has 0 aliphatic heterocycles. The third-order valence-electron chi connectivity index (χ3n) is 4.19. The summed E-state index contributed by atoms with van der Waals surface area (Å²) in [5.74, 6) is -0.0761. The number of hydrogen-bond acceptors (Lipinski definition) is 5. The van der Waals surface area contributed by atoms with Gasteiger partial charge in [0.1, 0.15) is 5.82 Å². The molecule has 0 atom stereocenters. The van der Waals surface area contributed by atoms with Crippen LogP contribution in [0, 0.1) is 5.82 Å². The third kappa shape index (κ3) is 4.58. The molecule has 1 N–H and O–H groups in total. The molecule has 4 aromatic rings. The maximum atomic E-state index is 14.0. The maximum absolute atomic E-state index is 14.0. The van der Waals surface area contributed by atoms with Gasteiger partial charge in [-0.2, -0.15) is 4.98 Å². The minimum Gasteiger partial charge on any atom is -0.211 e. The van der Waals surface area contributed by atoms with Crippen LogP contribution in [0.2, 0.25) is 0 Å². The van der Waals surface area contributed by atoms with Gasteiger partial charge in [0, 0.05) is 23.8 Å². The lowest BCUT2D eigenvalue weighted by molar-refractivity contribution is 0.590. The van der Waals surface area contributed by atoms with Gasteiger partial charge >= 0.3 is 0 Å². The lowest BCUT2D eigenvalue weighted by Crippen LogP contribution is -2.24. The molecule has 9 heteroatoms. The molecule has 0 saturated heterocycles. The molecule has 0 fully saturated rings. The summed E-state index contributed by atoms with van der Waals surface area (Å²) in [4.78, 5) is 4.99. The van der Waals surface area contributed by atoms with E-state index in [1.165, 1.54) is 17.4 Å². The van der Waals surface area contributed by atoms with Crippen molar-refractivity contribution in [3.8, 4) is 11.4 Å². The number of nitrogens with zero attached hydrogens (tertiary/aromatic N) is 3. The molecule has 2 aromatic carbocycles. The molecule has 6 nitrogen and oxygen atoms in total. The van der Waals surface area contributed by atoms with Crippen LogP contribution in [-0.4, -0.2) is 29.6 Å². The van der Waals surface area contributed by atoms with E-state index in [0.717, 1.165) is 16.7 Å². The van der Waals surface area contributed by atoms with Crippen LogP contribution in [0.15, 0.2) is 65.4 Å². The molecule has 0 saturated carbocycles. The number of rotatable bonds is 7. The van der Waals surface area contributed by atoms with Gasteiger partial charge in [-0.05, 0) is 23.8 Å². The summed E-state index contributed by atoms with van der Waals surface area (Å²) in [7, 11) is -3.55. The first-order chi connectivity index (χ1) is 14.0. The van der Waals surface area contributed by atoms with Crippen molar-refractivity contribution in [2.45, 2.75) is 6.42 Å². The highest BCUT2D eigenvalue weighted by Crippen LogP contribution is 2.23. The Bertz CT molecular complexity index is 1260. The molecule has 29 heavy (non-hydrogen) atoms. The zero-order valence-electron chi connectivity index (χ0n) is 15.2. The summed E-state index contributed by atoms with van der Waals surface area (Å²) >= 11 is 1.38. The Labute approximate surface area is 171 Å². The van der Waals surface area contributed by atoms with Crippen LogP contribution in [0.25, 0.3) is 22.4 Å². The molecule has 0 radical (unpaired) electrons. The van der Waals surface area contributed by atoms with Crippen LogP contribution in [0.1, 0.15) is 11.3 Å². The molecule has 2 heterocycles. The van der Waals surface area contributed by atoms with E-state index in [1.807, 2.05) is 35.7 Å². The number of fused-ring (bicyclic) bond motifs is 1. The highest BCUT2D eigenvalue weighted by Gasteiger charge is 2.14. The topological polar surface area (TPSA) is 76.4 Å². The summed E-state index contributed by atoms with van der Waals surface area (Å²) in [6, 6.07) is 15.5. The smallest absolute Gasteiger partial charge is 0.211 e. The van der Waals surface area contributed by atoms with Crippen molar-refractivity contribution in [1.29, 1.82) is 0 Å². The van der Waals surface area contributed by atoms with Gasteiger partial charge in [-0.3, -0.25) is 0 Å². The zero-order chi connectivity index (χ0) is 20.3. The molecule has 0 spiro atoms. The first-order valence-corrected chi connectivity index (χ1v) is 11.3. The lowest BCUT2D eigenvalue weighted by atomic mass is 10.2. The van der Waals surface area contributed by atoms with E-state index in [-0.39, 0.29) is 12.4 Å². The Morgan fingerprint density at radius 2 is 1.86 bits per heavy atom. The maximum Gasteiger partial charge on any atom is 0.233 e. The Morgan fingerprint density at radius 1 is 1.10 bits per heavy atom. The molecule has 0 aliphatic rings. The zero-order valence-corrected chi connectivity index (χ0v) is 16.8. The van der Waals surface area contributed by atoms with E-state index in [2.05, 4.69) is 14.8 Å². The van der Waals surface area contributed by atoms with Crippen molar-refractivity contribution >= 4 is 32.4 Å². The standard InChI is InChI=1S/C20H17FN4O2S2/c21-18-9-5-4-8-17(18)19-23-20-25(24-19)16(14-28-20)10-12-22-29(26,27)13-11-15-6-2-1-3-7-15/h1-9,11,13-14,22H,10,12H2/b13-11+. The number of nitrogens with one attached hydrogen (secondary N) is 1. The van der Waals surface area contributed by atoms with Gasteiger partial charge < -0.3 is 0 Å². The normalized spacial score (nSPS) is 12.2. The van der Waals surface area contributed by atoms with E-state index in [0.29, 0.717) is 22.8 Å². The molecule has 0 bridgehead atoms. The number of halogens is 1. The fourth-order valence-electron chi connectivity index (χ4n) is 2.76. The highest BCUT2D eigenvalue weighted by molar-refractivity contribution is 7.92. The Kier molecular flexibility index (Phi) is 5.52. The van der Waals surface area contributed by atoms with E-state index < -0.39 is 10.0 Å². The van der Waals surface area contributed by atoms with Gasteiger partial charge in [-0.15, -0.1) is 16.4 Å². The minimum absolute atomic E-state index is 0.211. The molecular formula is C20H17FN4O2S2. The Morgan fingerprint density at radius 3 is 2.66 bits per heavy atom. The number of thiazole rings is 1. The van der Waals surface area contributed by atoms with Crippen molar-refractivity contribution in [3.05, 3.63) is 82.5 Å². The lowest BCUT2D eigenvalue weighted by Gasteiger charge is -2.02. The predicted molar refractivity (Wildman–Crippen MR) is 112 cm³/mol. The van der Waals surface area contributed by atoms with E-state index >= 15 is 0 Å². The van der Waals surface area contributed by atoms with Crippen LogP contribution in [0.4, 0.5) is 4.39 Å². The summed E-state index contributed by atoms with van der Waals surface area (Å²) in [6.07, 6.45) is 1.97. The third-order valence-corrected chi connectivity index (χ3v) is 6.15. The molecule has 148 valence electrons. The predicted octanol–water partition coefficient (Wildman–Crippen LogP) is 3.73. The van der Waals surface area contributed by atoms with Gasteiger partial charge in [0.2, 0.25) is 15.0 Å². The summed E-state index contributed by atoms with van der Waals surface area (Å²) in [5.41, 5.74) is 1.94. The molecule has 2 aromatic heterocycles. The van der Waals surface area contributed by atoms with Gasteiger partial charge in [0.15, 0.2) is 5.82 Å². The quantitative estimate of drug-likeness (QED) is 0.487. The van der Waals surface area contributed by atoms with E-state index in [9.17, 15) is 12.8 Å². The molecular weight excluding hydrogens is 411 g/mol. The SMILES string of the molecule is O=S(=O)(/C=C/c1ccccc1)NCCc1csc2nc(-c3ccccc3F)nn12. The van der Waals surface area contributed by atoms with Crippen LogP contribution >= 0.6 is 11.3 Å². The fraction of sp³-hybridized carbons (Fsp3) is 0.100. The van der Waals surface area contributed by atoms with Crippen LogP contribution in [0.5, 0.6) is 0 Å². The minimum atomic E-state index is -3.55. The van der Waals surface area contributed by atoms with Crippen molar-refractivity contribution < 1.29 is 12.8 Å². The second-order valence-corrected chi connectivity index (χ2v) is 8.73. The highest BCUT2D eigenvalue weighted by atomic mass is 32.2. The average Bonchev–Trinajstić information content (AvgIpc) is 3.29. The molecule has 0 aliphatic carbocycles. The number of hydrogen-bond donors (Lipinski definition) is 1. The van der Waals surface area contributed by atoms with Crippen LogP contribution < -0.4 is 4.72 Å². The fourth-order valence-corrected chi connectivity index (χ4v) is 4.43. The largest absolute Gasteiger partial charge is 0.233 e. The molecule has 0 unspecified atom stereocenters. The van der Waals surface area contributed by atoms with Crippen molar-refractivity contribution in [1.82, 2.24) is 19.3 Å². The average molecular weight is 429 g/mol. The van der Waals surface area contributed by atoms with Gasteiger partial charge in [0.05, 0.1) is 11.3 Å². The second kappa shape index (κ2) is 8.24. The second-order valence-electron chi connectivity index (χ2n) is 6.24. The van der Waals surface area contributed by atoms with E-state index in [1.54, 1.807) is 28.8 Å². The first kappa shape index (κ1) is 19.4. The van der Waals surface area contributed by atoms with Crippen molar-refractivity contribution in [3.63, 3.8) is 0 Å². The van der Waals surface area contributed by atoms with Crippen molar-refractivity contribution in [2.24, 2.45) is 0 Å². The number of benzene rings is 2. The monoisotopic (exact) mass is 428 g/mol. The van der Waals surface area contributed by atoms with E-state index in [4.69, 9.17) is 0 Å². The first-order valence-electron chi connectivity index (χ1n) is 8.83. The van der Waals surface area contributed by atoms with Gasteiger partial charge in [0.25, 0.3) is 0 Å². The summed E-state index contributed by atoms with van der Waals surface area (Å²) < 4.78 is 42.4. The number of sulfonamides is 1. The Hall–Kier alpha value is -2.88.